The van der Waals surface area contributed by atoms with Gasteiger partial charge in [0.25, 0.3) is 0 Å². The minimum atomic E-state index is -1.02. The van der Waals surface area contributed by atoms with E-state index < -0.39 is 24.2 Å². The van der Waals surface area contributed by atoms with Gasteiger partial charge in [-0.05, 0) is 31.9 Å². The number of aliphatic hydroxyl groups is 3. The summed E-state index contributed by atoms with van der Waals surface area (Å²) >= 11 is 0. The first kappa shape index (κ1) is 20.5. The van der Waals surface area contributed by atoms with Crippen LogP contribution in [0.4, 0.5) is 11.8 Å². The zero-order valence-corrected chi connectivity index (χ0v) is 17.3. The fourth-order valence-electron chi connectivity index (χ4n) is 4.02. The Morgan fingerprint density at radius 2 is 2.00 bits per heavy atom. The summed E-state index contributed by atoms with van der Waals surface area (Å²) in [6.45, 7) is 3.72. The Morgan fingerprint density at radius 3 is 2.67 bits per heavy atom. The van der Waals surface area contributed by atoms with Crippen molar-refractivity contribution >= 4 is 22.7 Å². The molecule has 160 valence electrons. The molecule has 0 aliphatic heterocycles. The van der Waals surface area contributed by atoms with Gasteiger partial charge in [0.1, 0.15) is 17.7 Å². The first-order chi connectivity index (χ1) is 14.4. The number of aryl methyl sites for hydroxylation is 2. The Balaban J connectivity index is 1.76. The van der Waals surface area contributed by atoms with Gasteiger partial charge in [0, 0.05) is 30.7 Å². The lowest BCUT2D eigenvalue weighted by Gasteiger charge is -2.21. The van der Waals surface area contributed by atoms with E-state index in [-0.39, 0.29) is 6.61 Å². The highest BCUT2D eigenvalue weighted by molar-refractivity contribution is 5.86. The number of hydrogen-bond acceptors (Lipinski definition) is 9. The summed E-state index contributed by atoms with van der Waals surface area (Å²) in [5.41, 5.74) is 3.02. The third-order valence-corrected chi connectivity index (χ3v) is 5.74. The van der Waals surface area contributed by atoms with E-state index in [2.05, 4.69) is 25.6 Å². The predicted octanol–water partition coefficient (Wildman–Crippen LogP) is 1.71. The molecule has 3 aromatic heterocycles. The van der Waals surface area contributed by atoms with Crippen molar-refractivity contribution in [3.05, 3.63) is 29.7 Å². The molecule has 0 saturated heterocycles. The Hall–Kier alpha value is -2.75. The molecule has 1 saturated carbocycles. The zero-order chi connectivity index (χ0) is 21.4. The quantitative estimate of drug-likeness (QED) is 0.409. The van der Waals surface area contributed by atoms with Gasteiger partial charge in [-0.2, -0.15) is 4.98 Å². The van der Waals surface area contributed by atoms with Crippen LogP contribution in [0.5, 0.6) is 0 Å². The largest absolute Gasteiger partial charge is 0.454 e. The van der Waals surface area contributed by atoms with Crippen molar-refractivity contribution in [2.24, 2.45) is 5.92 Å². The highest BCUT2D eigenvalue weighted by Gasteiger charge is 2.41. The number of anilines is 2. The molecule has 0 radical (unpaired) electrons. The van der Waals surface area contributed by atoms with E-state index in [9.17, 15) is 15.3 Å². The lowest BCUT2D eigenvalue weighted by Crippen LogP contribution is -2.35. The molecule has 4 rings (SSSR count). The van der Waals surface area contributed by atoms with Crippen molar-refractivity contribution in [1.82, 2.24) is 15.0 Å². The van der Waals surface area contributed by atoms with E-state index in [1.807, 2.05) is 26.0 Å². The standard InChI is InChI=1S/C21H27N5O4/c1-4-13-5-11-7-15(30-16(11)8-23-13)17-10(2)24-21(22-3)26-20(17)25-14-6-12(9-27)18(28)19(14)29/h5,7-8,12,14,18-19,27-29H,4,6,9H2,1-3H3,(H2,22,24,25,26)/t12-,14-,18-,19+/m1/s1. The number of hydrogen-bond donors (Lipinski definition) is 5. The molecule has 0 bridgehead atoms. The van der Waals surface area contributed by atoms with E-state index in [0.717, 1.165) is 17.5 Å². The van der Waals surface area contributed by atoms with Crippen LogP contribution in [0.25, 0.3) is 22.3 Å². The number of pyridine rings is 1. The summed E-state index contributed by atoms with van der Waals surface area (Å²) in [5, 5.41) is 37.2. The maximum Gasteiger partial charge on any atom is 0.224 e. The van der Waals surface area contributed by atoms with E-state index in [4.69, 9.17) is 4.42 Å². The molecule has 1 aliphatic carbocycles. The second kappa shape index (κ2) is 8.17. The lowest BCUT2D eigenvalue weighted by molar-refractivity contribution is 0.00446. The van der Waals surface area contributed by atoms with Gasteiger partial charge in [-0.25, -0.2) is 4.98 Å². The second-order valence-corrected chi connectivity index (χ2v) is 7.69. The number of furan rings is 1. The smallest absolute Gasteiger partial charge is 0.224 e. The van der Waals surface area contributed by atoms with Crippen molar-refractivity contribution in [2.45, 2.75) is 44.9 Å². The molecule has 1 fully saturated rings. The molecule has 0 aromatic carbocycles. The number of fused-ring (bicyclic) bond motifs is 1. The van der Waals surface area contributed by atoms with Crippen LogP contribution in [0.3, 0.4) is 0 Å². The van der Waals surface area contributed by atoms with Gasteiger partial charge < -0.3 is 30.4 Å². The molecule has 4 atom stereocenters. The molecular formula is C21H27N5O4. The first-order valence-corrected chi connectivity index (χ1v) is 10.1. The van der Waals surface area contributed by atoms with Gasteiger partial charge in [0.15, 0.2) is 5.58 Å². The number of rotatable bonds is 6. The molecule has 9 heteroatoms. The third-order valence-electron chi connectivity index (χ3n) is 5.74. The van der Waals surface area contributed by atoms with Gasteiger partial charge in [-0.15, -0.1) is 0 Å². The van der Waals surface area contributed by atoms with Crippen molar-refractivity contribution in [3.63, 3.8) is 0 Å². The summed E-state index contributed by atoms with van der Waals surface area (Å²) in [6.07, 6.45) is 0.949. The van der Waals surface area contributed by atoms with Gasteiger partial charge in [0.05, 0.1) is 29.6 Å². The lowest BCUT2D eigenvalue weighted by atomic mass is 10.1. The maximum absolute atomic E-state index is 10.4. The highest BCUT2D eigenvalue weighted by atomic mass is 16.3. The zero-order valence-electron chi connectivity index (χ0n) is 17.3. The minimum absolute atomic E-state index is 0.190. The van der Waals surface area contributed by atoms with E-state index in [1.165, 1.54) is 0 Å². The predicted molar refractivity (Wildman–Crippen MR) is 113 cm³/mol. The summed E-state index contributed by atoms with van der Waals surface area (Å²) in [4.78, 5) is 13.4. The summed E-state index contributed by atoms with van der Waals surface area (Å²) in [5.74, 6) is 1.12. The van der Waals surface area contributed by atoms with E-state index in [0.29, 0.717) is 40.8 Å². The average molecular weight is 413 g/mol. The number of aromatic nitrogens is 3. The number of nitrogens with zero attached hydrogens (tertiary/aromatic N) is 3. The van der Waals surface area contributed by atoms with Crippen molar-refractivity contribution in [1.29, 1.82) is 0 Å². The molecule has 3 heterocycles. The Morgan fingerprint density at radius 1 is 1.20 bits per heavy atom. The van der Waals surface area contributed by atoms with Gasteiger partial charge >= 0.3 is 0 Å². The Bertz CT molecular complexity index is 1050. The van der Waals surface area contributed by atoms with Crippen LogP contribution in [0.15, 0.2) is 22.7 Å². The molecule has 30 heavy (non-hydrogen) atoms. The fourth-order valence-corrected chi connectivity index (χ4v) is 4.02. The van der Waals surface area contributed by atoms with Crippen LogP contribution in [0, 0.1) is 12.8 Å². The topological polar surface area (TPSA) is 137 Å². The first-order valence-electron chi connectivity index (χ1n) is 10.1. The second-order valence-electron chi connectivity index (χ2n) is 7.69. The summed E-state index contributed by atoms with van der Waals surface area (Å²) in [6, 6.07) is 3.46. The van der Waals surface area contributed by atoms with Crippen LogP contribution in [-0.4, -0.2) is 62.2 Å². The highest BCUT2D eigenvalue weighted by Crippen LogP contribution is 2.37. The minimum Gasteiger partial charge on any atom is -0.454 e. The van der Waals surface area contributed by atoms with Crippen molar-refractivity contribution < 1.29 is 19.7 Å². The molecule has 0 unspecified atom stereocenters. The maximum atomic E-state index is 10.4. The molecule has 5 N–H and O–H groups in total. The monoisotopic (exact) mass is 413 g/mol. The van der Waals surface area contributed by atoms with Gasteiger partial charge in [-0.3, -0.25) is 4.98 Å². The average Bonchev–Trinajstić information content (AvgIpc) is 3.28. The summed E-state index contributed by atoms with van der Waals surface area (Å²) in [7, 11) is 1.73. The molecule has 0 spiro atoms. The molecule has 1 aliphatic rings. The molecule has 0 amide bonds. The van der Waals surface area contributed by atoms with Crippen LogP contribution < -0.4 is 10.6 Å². The fraction of sp³-hybridized carbons (Fsp3) is 0.476. The number of nitrogens with one attached hydrogen (secondary N) is 2. The molecule has 9 nitrogen and oxygen atoms in total. The van der Waals surface area contributed by atoms with Crippen LogP contribution in [0.2, 0.25) is 0 Å². The molecular weight excluding hydrogens is 386 g/mol. The van der Waals surface area contributed by atoms with E-state index in [1.54, 1.807) is 13.2 Å². The van der Waals surface area contributed by atoms with Gasteiger partial charge in [-0.1, -0.05) is 6.92 Å². The van der Waals surface area contributed by atoms with Crippen LogP contribution in [0.1, 0.15) is 24.7 Å². The van der Waals surface area contributed by atoms with Crippen LogP contribution in [-0.2, 0) is 6.42 Å². The van der Waals surface area contributed by atoms with E-state index >= 15 is 0 Å². The Kier molecular flexibility index (Phi) is 5.59. The summed E-state index contributed by atoms with van der Waals surface area (Å²) < 4.78 is 6.05. The SMILES string of the molecule is CCc1cc2cc(-c3c(C)nc(NC)nc3N[C@@H]3C[C@H](CO)[C@@H](O)[C@H]3O)oc2cn1. The third kappa shape index (κ3) is 3.60. The van der Waals surface area contributed by atoms with Crippen LogP contribution >= 0.6 is 0 Å². The van der Waals surface area contributed by atoms with Crippen molar-refractivity contribution in [2.75, 3.05) is 24.3 Å². The number of aliphatic hydroxyl groups excluding tert-OH is 3. The van der Waals surface area contributed by atoms with Gasteiger partial charge in [0.2, 0.25) is 5.95 Å². The normalized spacial score (nSPS) is 23.8. The van der Waals surface area contributed by atoms with Crippen molar-refractivity contribution in [3.8, 4) is 11.3 Å². The molecule has 3 aromatic rings. The Labute approximate surface area is 174 Å².